The highest BCUT2D eigenvalue weighted by Gasteiger charge is 2.38. The average molecular weight is 456 g/mol. The number of halogens is 3. The van der Waals surface area contributed by atoms with Crippen LogP contribution in [0.1, 0.15) is 35.7 Å². The summed E-state index contributed by atoms with van der Waals surface area (Å²) in [5, 5.41) is 5.55. The SMILES string of the molecule is CC(NS(=O)(=O)c1ccc(NC(=O)c2ccccc2)cc1C(F)(F)F)C1CCNCC1. The van der Waals surface area contributed by atoms with Gasteiger partial charge in [0.2, 0.25) is 10.0 Å². The lowest BCUT2D eigenvalue weighted by Gasteiger charge is -2.29. The second kappa shape index (κ2) is 9.37. The van der Waals surface area contributed by atoms with Crippen molar-refractivity contribution in [3.63, 3.8) is 0 Å². The number of amides is 1. The van der Waals surface area contributed by atoms with Crippen LogP contribution in [0.4, 0.5) is 18.9 Å². The molecule has 1 aliphatic heterocycles. The monoisotopic (exact) mass is 455 g/mol. The van der Waals surface area contributed by atoms with Gasteiger partial charge in [-0.1, -0.05) is 18.2 Å². The first-order chi connectivity index (χ1) is 14.6. The fourth-order valence-electron chi connectivity index (χ4n) is 3.61. The van der Waals surface area contributed by atoms with Gasteiger partial charge in [-0.15, -0.1) is 0 Å². The Morgan fingerprint density at radius 1 is 1.10 bits per heavy atom. The fraction of sp³-hybridized carbons (Fsp3) is 0.381. The normalized spacial score (nSPS) is 16.6. The van der Waals surface area contributed by atoms with E-state index >= 15 is 0 Å². The smallest absolute Gasteiger partial charge is 0.322 e. The summed E-state index contributed by atoms with van der Waals surface area (Å²) in [6.45, 7) is 3.13. The number of benzene rings is 2. The van der Waals surface area contributed by atoms with Crippen LogP contribution in [0, 0.1) is 5.92 Å². The number of rotatable bonds is 6. The number of piperidine rings is 1. The van der Waals surface area contributed by atoms with Gasteiger partial charge in [-0.25, -0.2) is 13.1 Å². The number of anilines is 1. The fourth-order valence-corrected chi connectivity index (χ4v) is 5.13. The molecule has 31 heavy (non-hydrogen) atoms. The van der Waals surface area contributed by atoms with Gasteiger partial charge >= 0.3 is 6.18 Å². The molecule has 0 saturated carbocycles. The summed E-state index contributed by atoms with van der Waals surface area (Å²) in [4.78, 5) is 11.4. The molecule has 0 aliphatic carbocycles. The molecule has 1 unspecified atom stereocenters. The molecular formula is C21H24F3N3O3S. The number of nitrogens with one attached hydrogen (secondary N) is 3. The van der Waals surface area contributed by atoms with E-state index in [0.29, 0.717) is 6.07 Å². The molecule has 0 aromatic heterocycles. The van der Waals surface area contributed by atoms with Crippen molar-refractivity contribution < 1.29 is 26.4 Å². The summed E-state index contributed by atoms with van der Waals surface area (Å²) in [6.07, 6.45) is -3.45. The Labute approximate surface area is 179 Å². The lowest BCUT2D eigenvalue weighted by molar-refractivity contribution is -0.139. The summed E-state index contributed by atoms with van der Waals surface area (Å²) in [7, 11) is -4.42. The first-order valence-electron chi connectivity index (χ1n) is 9.88. The van der Waals surface area contributed by atoms with Gasteiger partial charge in [0.05, 0.1) is 10.5 Å². The first-order valence-corrected chi connectivity index (χ1v) is 11.4. The first kappa shape index (κ1) is 23.2. The van der Waals surface area contributed by atoms with Gasteiger partial charge in [0.1, 0.15) is 0 Å². The molecule has 3 rings (SSSR count). The quantitative estimate of drug-likeness (QED) is 0.621. The van der Waals surface area contributed by atoms with Crippen LogP contribution in [0.25, 0.3) is 0 Å². The number of sulfonamides is 1. The van der Waals surface area contributed by atoms with Crippen molar-refractivity contribution in [2.75, 3.05) is 18.4 Å². The van der Waals surface area contributed by atoms with Crippen LogP contribution in [0.3, 0.4) is 0 Å². The zero-order chi connectivity index (χ0) is 22.6. The van der Waals surface area contributed by atoms with Gasteiger partial charge in [-0.3, -0.25) is 4.79 Å². The molecule has 2 aromatic rings. The predicted molar refractivity (Wildman–Crippen MR) is 111 cm³/mol. The van der Waals surface area contributed by atoms with E-state index in [4.69, 9.17) is 0 Å². The van der Waals surface area contributed by atoms with Crippen LogP contribution < -0.4 is 15.4 Å². The lowest BCUT2D eigenvalue weighted by atomic mass is 9.92. The number of hydrogen-bond donors (Lipinski definition) is 3. The molecule has 1 aliphatic rings. The second-order valence-electron chi connectivity index (χ2n) is 7.53. The van der Waals surface area contributed by atoms with Gasteiger partial charge in [0.25, 0.3) is 5.91 Å². The van der Waals surface area contributed by atoms with Gasteiger partial charge in [-0.2, -0.15) is 13.2 Å². The molecule has 6 nitrogen and oxygen atoms in total. The molecule has 1 amide bonds. The third-order valence-corrected chi connectivity index (χ3v) is 6.92. The van der Waals surface area contributed by atoms with Crippen molar-refractivity contribution in [2.24, 2.45) is 5.92 Å². The van der Waals surface area contributed by atoms with Crippen molar-refractivity contribution in [3.05, 3.63) is 59.7 Å². The van der Waals surface area contributed by atoms with Crippen LogP contribution in [0.2, 0.25) is 0 Å². The molecular weight excluding hydrogens is 431 g/mol. The van der Waals surface area contributed by atoms with Gasteiger partial charge in [0, 0.05) is 17.3 Å². The maximum Gasteiger partial charge on any atom is 0.417 e. The Hall–Kier alpha value is -2.43. The number of carbonyl (C=O) groups is 1. The molecule has 168 valence electrons. The average Bonchev–Trinajstić information content (AvgIpc) is 2.74. The van der Waals surface area contributed by atoms with Crippen LogP contribution in [-0.4, -0.2) is 33.5 Å². The standard InChI is InChI=1S/C21H24F3N3O3S/c1-14(15-9-11-25-12-10-15)27-31(29,30)19-8-7-17(13-18(19)21(22,23)24)26-20(28)16-5-3-2-4-6-16/h2-8,13-15,25,27H,9-12H2,1H3,(H,26,28). The van der Waals surface area contributed by atoms with Gasteiger partial charge < -0.3 is 10.6 Å². The molecule has 0 radical (unpaired) electrons. The van der Waals surface area contributed by atoms with Crippen molar-refractivity contribution >= 4 is 21.6 Å². The zero-order valence-electron chi connectivity index (χ0n) is 16.9. The zero-order valence-corrected chi connectivity index (χ0v) is 17.7. The molecule has 3 N–H and O–H groups in total. The van der Waals surface area contributed by atoms with Crippen molar-refractivity contribution in [1.29, 1.82) is 0 Å². The molecule has 2 aromatic carbocycles. The summed E-state index contributed by atoms with van der Waals surface area (Å²) >= 11 is 0. The van der Waals surface area contributed by atoms with Crippen LogP contribution in [0.5, 0.6) is 0 Å². The molecule has 1 saturated heterocycles. The van der Waals surface area contributed by atoms with Gasteiger partial charge in [0.15, 0.2) is 0 Å². The Bertz CT molecular complexity index is 1020. The molecule has 1 fully saturated rings. The van der Waals surface area contributed by atoms with Gasteiger partial charge in [-0.05, 0) is 69.1 Å². The Morgan fingerprint density at radius 2 is 1.74 bits per heavy atom. The minimum Gasteiger partial charge on any atom is -0.322 e. The topological polar surface area (TPSA) is 87.3 Å². The maximum atomic E-state index is 13.7. The largest absolute Gasteiger partial charge is 0.417 e. The summed E-state index contributed by atoms with van der Waals surface area (Å²) in [5.74, 6) is -0.559. The number of carbonyl (C=O) groups excluding carboxylic acids is 1. The Morgan fingerprint density at radius 3 is 2.35 bits per heavy atom. The molecule has 10 heteroatoms. The van der Waals surface area contributed by atoms with E-state index in [2.05, 4.69) is 15.4 Å². The molecule has 0 spiro atoms. The summed E-state index contributed by atoms with van der Waals surface area (Å²) in [6, 6.07) is 10.2. The van der Waals surface area contributed by atoms with Crippen molar-refractivity contribution in [1.82, 2.24) is 10.0 Å². The summed E-state index contributed by atoms with van der Waals surface area (Å²) < 4.78 is 69.1. The van der Waals surface area contributed by atoms with E-state index in [-0.39, 0.29) is 17.2 Å². The van der Waals surface area contributed by atoms with E-state index < -0.39 is 38.6 Å². The molecule has 0 bridgehead atoms. The van der Waals surface area contributed by atoms with Crippen LogP contribution in [-0.2, 0) is 16.2 Å². The minimum atomic E-state index is -4.92. The van der Waals surface area contributed by atoms with E-state index in [0.717, 1.165) is 38.1 Å². The predicted octanol–water partition coefficient (Wildman–Crippen LogP) is 3.62. The van der Waals surface area contributed by atoms with E-state index in [1.165, 1.54) is 12.1 Å². The minimum absolute atomic E-state index is 0.0368. The van der Waals surface area contributed by atoms with Crippen LogP contribution in [0.15, 0.2) is 53.4 Å². The number of alkyl halides is 3. The molecule has 1 heterocycles. The molecule has 1 atom stereocenters. The highest BCUT2D eigenvalue weighted by Crippen LogP contribution is 2.36. The lowest BCUT2D eigenvalue weighted by Crippen LogP contribution is -2.42. The number of hydrogen-bond acceptors (Lipinski definition) is 4. The highest BCUT2D eigenvalue weighted by atomic mass is 32.2. The Balaban J connectivity index is 1.86. The van der Waals surface area contributed by atoms with Crippen LogP contribution >= 0.6 is 0 Å². The Kier molecular flexibility index (Phi) is 7.03. The summed E-state index contributed by atoms with van der Waals surface area (Å²) in [5.41, 5.74) is -1.21. The van der Waals surface area contributed by atoms with Crippen molar-refractivity contribution in [2.45, 2.75) is 36.9 Å². The van der Waals surface area contributed by atoms with E-state index in [1.807, 2.05) is 0 Å². The highest BCUT2D eigenvalue weighted by molar-refractivity contribution is 7.89. The third-order valence-electron chi connectivity index (χ3n) is 5.30. The third kappa shape index (κ3) is 5.84. The van der Waals surface area contributed by atoms with E-state index in [1.54, 1.807) is 25.1 Å². The van der Waals surface area contributed by atoms with E-state index in [9.17, 15) is 26.4 Å². The van der Waals surface area contributed by atoms with Crippen molar-refractivity contribution in [3.8, 4) is 0 Å². The maximum absolute atomic E-state index is 13.7. The second-order valence-corrected chi connectivity index (χ2v) is 9.21.